The second-order valence-corrected chi connectivity index (χ2v) is 3.29. The smallest absolute Gasteiger partial charge is 0.154 e. The minimum Gasteiger partial charge on any atom is -0.368 e. The SMILES string of the molecule is CCCCC1CCCC(O)O1. The van der Waals surface area contributed by atoms with Gasteiger partial charge >= 0.3 is 0 Å². The molecule has 0 aromatic heterocycles. The van der Waals surface area contributed by atoms with Crippen molar-refractivity contribution in [3.8, 4) is 0 Å². The van der Waals surface area contributed by atoms with E-state index in [4.69, 9.17) is 9.84 Å². The van der Waals surface area contributed by atoms with Gasteiger partial charge in [0.25, 0.3) is 0 Å². The molecule has 66 valence electrons. The van der Waals surface area contributed by atoms with Gasteiger partial charge in [-0.15, -0.1) is 0 Å². The Bertz CT molecular complexity index is 104. The quantitative estimate of drug-likeness (QED) is 0.681. The average Bonchev–Trinajstić information content (AvgIpc) is 2.01. The maximum absolute atomic E-state index is 9.16. The van der Waals surface area contributed by atoms with Crippen LogP contribution in [-0.4, -0.2) is 17.5 Å². The zero-order valence-corrected chi connectivity index (χ0v) is 7.25. The molecule has 1 heterocycles. The lowest BCUT2D eigenvalue weighted by Gasteiger charge is -2.26. The number of unbranched alkanes of at least 4 members (excludes halogenated alkanes) is 1. The predicted molar refractivity (Wildman–Crippen MR) is 44.3 cm³/mol. The molecule has 1 rings (SSSR count). The van der Waals surface area contributed by atoms with Crippen LogP contribution in [0.3, 0.4) is 0 Å². The number of ether oxygens (including phenoxy) is 1. The molecule has 0 spiro atoms. The molecule has 0 aliphatic carbocycles. The van der Waals surface area contributed by atoms with Crippen molar-refractivity contribution in [2.45, 2.75) is 57.8 Å². The van der Waals surface area contributed by atoms with Crippen molar-refractivity contribution in [3.63, 3.8) is 0 Å². The summed E-state index contributed by atoms with van der Waals surface area (Å²) in [6.07, 6.45) is 6.49. The molecule has 0 saturated carbocycles. The largest absolute Gasteiger partial charge is 0.368 e. The molecule has 0 amide bonds. The first-order valence-electron chi connectivity index (χ1n) is 4.66. The van der Waals surface area contributed by atoms with Crippen molar-refractivity contribution < 1.29 is 9.84 Å². The molecule has 1 aliphatic rings. The molecule has 0 radical (unpaired) electrons. The number of hydrogen-bond acceptors (Lipinski definition) is 2. The molecule has 1 N–H and O–H groups in total. The second kappa shape index (κ2) is 4.73. The Kier molecular flexibility index (Phi) is 3.87. The van der Waals surface area contributed by atoms with Gasteiger partial charge in [0.15, 0.2) is 6.29 Å². The summed E-state index contributed by atoms with van der Waals surface area (Å²) in [6, 6.07) is 0. The summed E-state index contributed by atoms with van der Waals surface area (Å²) in [5, 5.41) is 9.16. The Morgan fingerprint density at radius 2 is 2.27 bits per heavy atom. The molecule has 2 heteroatoms. The summed E-state index contributed by atoms with van der Waals surface area (Å²) in [5.74, 6) is 0. The van der Waals surface area contributed by atoms with Crippen molar-refractivity contribution in [1.29, 1.82) is 0 Å². The van der Waals surface area contributed by atoms with Gasteiger partial charge in [0, 0.05) is 0 Å². The molecule has 2 unspecified atom stereocenters. The third-order valence-electron chi connectivity index (χ3n) is 2.21. The van der Waals surface area contributed by atoms with Crippen LogP contribution in [-0.2, 0) is 4.74 Å². The highest BCUT2D eigenvalue weighted by Gasteiger charge is 2.19. The molecule has 1 saturated heterocycles. The fraction of sp³-hybridized carbons (Fsp3) is 1.00. The Morgan fingerprint density at radius 1 is 1.45 bits per heavy atom. The number of rotatable bonds is 3. The van der Waals surface area contributed by atoms with Crippen molar-refractivity contribution in [3.05, 3.63) is 0 Å². The summed E-state index contributed by atoms with van der Waals surface area (Å²) in [4.78, 5) is 0. The van der Waals surface area contributed by atoms with Gasteiger partial charge in [-0.1, -0.05) is 19.8 Å². The highest BCUT2D eigenvalue weighted by Crippen LogP contribution is 2.20. The Hall–Kier alpha value is -0.0800. The average molecular weight is 158 g/mol. The highest BCUT2D eigenvalue weighted by molar-refractivity contribution is 4.64. The molecule has 1 aliphatic heterocycles. The summed E-state index contributed by atoms with van der Waals surface area (Å²) in [7, 11) is 0. The maximum Gasteiger partial charge on any atom is 0.154 e. The van der Waals surface area contributed by atoms with Crippen LogP contribution in [0.5, 0.6) is 0 Å². The van der Waals surface area contributed by atoms with Crippen molar-refractivity contribution in [2.24, 2.45) is 0 Å². The molecular formula is C9H18O2. The van der Waals surface area contributed by atoms with Crippen LogP contribution in [0.1, 0.15) is 45.4 Å². The van der Waals surface area contributed by atoms with Crippen molar-refractivity contribution >= 4 is 0 Å². The van der Waals surface area contributed by atoms with Crippen molar-refractivity contribution in [2.75, 3.05) is 0 Å². The zero-order valence-electron chi connectivity index (χ0n) is 7.25. The van der Waals surface area contributed by atoms with E-state index in [-0.39, 0.29) is 0 Å². The Morgan fingerprint density at radius 3 is 2.91 bits per heavy atom. The van der Waals surface area contributed by atoms with E-state index in [9.17, 15) is 0 Å². The van der Waals surface area contributed by atoms with E-state index in [1.807, 2.05) is 0 Å². The standard InChI is InChI=1S/C9H18O2/c1-2-3-5-8-6-4-7-9(10)11-8/h8-10H,2-7H2,1H3. The van der Waals surface area contributed by atoms with Crippen LogP contribution < -0.4 is 0 Å². The summed E-state index contributed by atoms with van der Waals surface area (Å²) < 4.78 is 5.34. The van der Waals surface area contributed by atoms with E-state index in [1.54, 1.807) is 0 Å². The zero-order chi connectivity index (χ0) is 8.10. The van der Waals surface area contributed by atoms with E-state index in [0.717, 1.165) is 25.7 Å². The first kappa shape index (κ1) is 9.01. The Labute approximate surface area is 68.6 Å². The molecule has 0 bridgehead atoms. The normalized spacial score (nSPS) is 32.2. The molecule has 0 aromatic rings. The second-order valence-electron chi connectivity index (χ2n) is 3.29. The van der Waals surface area contributed by atoms with Gasteiger partial charge in [0.05, 0.1) is 6.10 Å². The first-order chi connectivity index (χ1) is 5.33. The van der Waals surface area contributed by atoms with Crippen LogP contribution in [0.4, 0.5) is 0 Å². The van der Waals surface area contributed by atoms with Crippen LogP contribution in [0.2, 0.25) is 0 Å². The van der Waals surface area contributed by atoms with E-state index in [0.29, 0.717) is 6.10 Å². The lowest BCUT2D eigenvalue weighted by atomic mass is 10.0. The monoisotopic (exact) mass is 158 g/mol. The van der Waals surface area contributed by atoms with Crippen LogP contribution in [0.15, 0.2) is 0 Å². The summed E-state index contributed by atoms with van der Waals surface area (Å²) in [6.45, 7) is 2.18. The third kappa shape index (κ3) is 3.21. The van der Waals surface area contributed by atoms with Gasteiger partial charge in [-0.25, -0.2) is 0 Å². The third-order valence-corrected chi connectivity index (χ3v) is 2.21. The lowest BCUT2D eigenvalue weighted by molar-refractivity contribution is -0.164. The van der Waals surface area contributed by atoms with Crippen LogP contribution in [0, 0.1) is 0 Å². The number of aliphatic hydroxyl groups excluding tert-OH is 1. The highest BCUT2D eigenvalue weighted by atomic mass is 16.6. The molecule has 1 fully saturated rings. The minimum absolute atomic E-state index is 0.332. The lowest BCUT2D eigenvalue weighted by Crippen LogP contribution is -2.26. The summed E-state index contributed by atoms with van der Waals surface area (Å²) >= 11 is 0. The topological polar surface area (TPSA) is 29.5 Å². The Balaban J connectivity index is 2.12. The molecule has 2 atom stereocenters. The van der Waals surface area contributed by atoms with Gasteiger partial charge < -0.3 is 9.84 Å². The predicted octanol–water partition coefficient (Wildman–Crippen LogP) is 2.06. The van der Waals surface area contributed by atoms with Gasteiger partial charge in [0.2, 0.25) is 0 Å². The van der Waals surface area contributed by atoms with E-state index < -0.39 is 6.29 Å². The van der Waals surface area contributed by atoms with E-state index in [1.165, 1.54) is 12.8 Å². The molecule has 0 aromatic carbocycles. The molecule has 11 heavy (non-hydrogen) atoms. The van der Waals surface area contributed by atoms with Crippen LogP contribution in [0.25, 0.3) is 0 Å². The fourth-order valence-electron chi connectivity index (χ4n) is 1.52. The van der Waals surface area contributed by atoms with Gasteiger partial charge in [0.1, 0.15) is 0 Å². The molecular weight excluding hydrogens is 140 g/mol. The van der Waals surface area contributed by atoms with Crippen LogP contribution >= 0.6 is 0 Å². The summed E-state index contributed by atoms with van der Waals surface area (Å²) in [5.41, 5.74) is 0. The first-order valence-corrected chi connectivity index (χ1v) is 4.66. The fourth-order valence-corrected chi connectivity index (χ4v) is 1.52. The molecule has 2 nitrogen and oxygen atoms in total. The van der Waals surface area contributed by atoms with Gasteiger partial charge in [-0.05, 0) is 25.7 Å². The minimum atomic E-state index is -0.481. The number of aliphatic hydroxyl groups is 1. The van der Waals surface area contributed by atoms with Gasteiger partial charge in [-0.2, -0.15) is 0 Å². The maximum atomic E-state index is 9.16. The van der Waals surface area contributed by atoms with Gasteiger partial charge in [-0.3, -0.25) is 0 Å². The van der Waals surface area contributed by atoms with E-state index >= 15 is 0 Å². The van der Waals surface area contributed by atoms with E-state index in [2.05, 4.69) is 6.92 Å². The van der Waals surface area contributed by atoms with Crippen molar-refractivity contribution in [1.82, 2.24) is 0 Å². The number of hydrogen-bond donors (Lipinski definition) is 1.